The molecular formula is C15H15FN2O. The summed E-state index contributed by atoms with van der Waals surface area (Å²) in [6, 6.07) is 11.2. The molecule has 2 aromatic rings. The zero-order valence-corrected chi connectivity index (χ0v) is 10.9. The minimum atomic E-state index is -0.348. The number of carbonyl (C=O) groups excluding carboxylic acids is 1. The van der Waals surface area contributed by atoms with Crippen molar-refractivity contribution in [3.63, 3.8) is 0 Å². The molecule has 3 nitrogen and oxygen atoms in total. The van der Waals surface area contributed by atoms with E-state index < -0.39 is 0 Å². The SMILES string of the molecule is Cc1cccc(CN(C)C(=O)c2ccc(F)cc2)n1. The Morgan fingerprint density at radius 3 is 2.53 bits per heavy atom. The summed E-state index contributed by atoms with van der Waals surface area (Å²) in [7, 11) is 1.70. The minimum Gasteiger partial charge on any atom is -0.336 e. The smallest absolute Gasteiger partial charge is 0.253 e. The monoisotopic (exact) mass is 258 g/mol. The van der Waals surface area contributed by atoms with E-state index in [2.05, 4.69) is 4.98 Å². The van der Waals surface area contributed by atoms with E-state index in [0.29, 0.717) is 12.1 Å². The van der Waals surface area contributed by atoms with E-state index >= 15 is 0 Å². The van der Waals surface area contributed by atoms with Gasteiger partial charge in [0, 0.05) is 18.3 Å². The van der Waals surface area contributed by atoms with E-state index in [-0.39, 0.29) is 11.7 Å². The van der Waals surface area contributed by atoms with Crippen LogP contribution in [-0.2, 0) is 6.54 Å². The predicted octanol–water partition coefficient (Wildman–Crippen LogP) is 2.80. The van der Waals surface area contributed by atoms with Gasteiger partial charge >= 0.3 is 0 Å². The van der Waals surface area contributed by atoms with Crippen LogP contribution in [0.3, 0.4) is 0 Å². The van der Waals surface area contributed by atoms with Crippen molar-refractivity contribution in [2.45, 2.75) is 13.5 Å². The summed E-state index contributed by atoms with van der Waals surface area (Å²) >= 11 is 0. The molecule has 0 saturated carbocycles. The second-order valence-electron chi connectivity index (χ2n) is 4.44. The number of hydrogen-bond donors (Lipinski definition) is 0. The van der Waals surface area contributed by atoms with Gasteiger partial charge < -0.3 is 4.90 Å². The fourth-order valence-electron chi connectivity index (χ4n) is 1.82. The van der Waals surface area contributed by atoms with Gasteiger partial charge in [-0.2, -0.15) is 0 Å². The molecule has 98 valence electrons. The molecule has 0 fully saturated rings. The van der Waals surface area contributed by atoms with Crippen LogP contribution in [0.1, 0.15) is 21.7 Å². The number of aromatic nitrogens is 1. The summed E-state index contributed by atoms with van der Waals surface area (Å²) in [5.74, 6) is -0.497. The maximum atomic E-state index is 12.8. The number of aryl methyl sites for hydroxylation is 1. The van der Waals surface area contributed by atoms with E-state index in [4.69, 9.17) is 0 Å². The highest BCUT2D eigenvalue weighted by Crippen LogP contribution is 2.08. The van der Waals surface area contributed by atoms with Crippen LogP contribution in [0.2, 0.25) is 0 Å². The molecule has 0 aliphatic heterocycles. The number of nitrogens with zero attached hydrogens (tertiary/aromatic N) is 2. The molecule has 0 bridgehead atoms. The van der Waals surface area contributed by atoms with Gasteiger partial charge in [-0.05, 0) is 43.3 Å². The van der Waals surface area contributed by atoms with Crippen molar-refractivity contribution >= 4 is 5.91 Å². The Labute approximate surface area is 111 Å². The molecule has 1 aromatic heterocycles. The van der Waals surface area contributed by atoms with Crippen LogP contribution in [0, 0.1) is 12.7 Å². The van der Waals surface area contributed by atoms with Gasteiger partial charge in [-0.1, -0.05) is 6.07 Å². The predicted molar refractivity (Wildman–Crippen MR) is 71.2 cm³/mol. The second-order valence-corrected chi connectivity index (χ2v) is 4.44. The summed E-state index contributed by atoms with van der Waals surface area (Å²) in [4.78, 5) is 18.0. The van der Waals surface area contributed by atoms with Crippen LogP contribution < -0.4 is 0 Å². The van der Waals surface area contributed by atoms with E-state index in [1.807, 2.05) is 25.1 Å². The summed E-state index contributed by atoms with van der Waals surface area (Å²) in [6.07, 6.45) is 0. The van der Waals surface area contributed by atoms with Crippen molar-refractivity contribution in [3.05, 3.63) is 65.2 Å². The molecule has 0 saturated heterocycles. The number of halogens is 1. The first kappa shape index (κ1) is 13.2. The number of amides is 1. The van der Waals surface area contributed by atoms with Crippen molar-refractivity contribution < 1.29 is 9.18 Å². The third kappa shape index (κ3) is 3.37. The molecule has 4 heteroatoms. The lowest BCUT2D eigenvalue weighted by Crippen LogP contribution is -2.26. The lowest BCUT2D eigenvalue weighted by molar-refractivity contribution is 0.0783. The van der Waals surface area contributed by atoms with E-state index in [1.54, 1.807) is 11.9 Å². The molecule has 1 aromatic carbocycles. The molecule has 2 rings (SSSR count). The first-order valence-corrected chi connectivity index (χ1v) is 6.00. The Morgan fingerprint density at radius 2 is 1.89 bits per heavy atom. The Kier molecular flexibility index (Phi) is 3.90. The van der Waals surface area contributed by atoms with Crippen LogP contribution in [0.4, 0.5) is 4.39 Å². The van der Waals surface area contributed by atoms with Gasteiger partial charge in [0.2, 0.25) is 0 Å². The lowest BCUT2D eigenvalue weighted by atomic mass is 10.2. The van der Waals surface area contributed by atoms with E-state index in [1.165, 1.54) is 24.3 Å². The fourth-order valence-corrected chi connectivity index (χ4v) is 1.82. The Hall–Kier alpha value is -2.23. The normalized spacial score (nSPS) is 10.3. The van der Waals surface area contributed by atoms with Gasteiger partial charge in [-0.25, -0.2) is 4.39 Å². The molecule has 1 heterocycles. The molecule has 0 radical (unpaired) electrons. The quantitative estimate of drug-likeness (QED) is 0.848. The van der Waals surface area contributed by atoms with Crippen molar-refractivity contribution in [1.29, 1.82) is 0 Å². The standard InChI is InChI=1S/C15H15FN2O/c1-11-4-3-5-14(17-11)10-18(2)15(19)12-6-8-13(16)9-7-12/h3-9H,10H2,1-2H3. The van der Waals surface area contributed by atoms with Gasteiger partial charge in [0.1, 0.15) is 5.82 Å². The van der Waals surface area contributed by atoms with Crippen LogP contribution in [0.15, 0.2) is 42.5 Å². The maximum absolute atomic E-state index is 12.8. The zero-order valence-electron chi connectivity index (χ0n) is 10.9. The van der Waals surface area contributed by atoms with Crippen LogP contribution in [0.25, 0.3) is 0 Å². The minimum absolute atomic E-state index is 0.150. The van der Waals surface area contributed by atoms with Gasteiger partial charge in [0.15, 0.2) is 0 Å². The molecule has 0 aliphatic carbocycles. The van der Waals surface area contributed by atoms with E-state index in [9.17, 15) is 9.18 Å². The van der Waals surface area contributed by atoms with Gasteiger partial charge in [-0.3, -0.25) is 9.78 Å². The number of hydrogen-bond acceptors (Lipinski definition) is 2. The summed E-state index contributed by atoms with van der Waals surface area (Å²) < 4.78 is 12.8. The van der Waals surface area contributed by atoms with Crippen molar-refractivity contribution in [2.75, 3.05) is 7.05 Å². The maximum Gasteiger partial charge on any atom is 0.253 e. The summed E-state index contributed by atoms with van der Waals surface area (Å²) in [6.45, 7) is 2.34. The molecule has 19 heavy (non-hydrogen) atoms. The fraction of sp³-hybridized carbons (Fsp3) is 0.200. The molecule has 0 spiro atoms. The highest BCUT2D eigenvalue weighted by atomic mass is 19.1. The Balaban J connectivity index is 2.09. The summed E-state index contributed by atoms with van der Waals surface area (Å²) in [5.41, 5.74) is 2.22. The molecular weight excluding hydrogens is 243 g/mol. The van der Waals surface area contributed by atoms with Gasteiger partial charge in [0.25, 0.3) is 5.91 Å². The molecule has 0 aliphatic rings. The summed E-state index contributed by atoms with van der Waals surface area (Å²) in [5, 5.41) is 0. The highest BCUT2D eigenvalue weighted by Gasteiger charge is 2.12. The molecule has 0 N–H and O–H groups in total. The second kappa shape index (κ2) is 5.61. The largest absolute Gasteiger partial charge is 0.336 e. The van der Waals surface area contributed by atoms with Crippen LogP contribution >= 0.6 is 0 Å². The average molecular weight is 258 g/mol. The Morgan fingerprint density at radius 1 is 1.21 bits per heavy atom. The first-order valence-electron chi connectivity index (χ1n) is 6.00. The molecule has 1 amide bonds. The topological polar surface area (TPSA) is 33.2 Å². The first-order chi connectivity index (χ1) is 9.06. The van der Waals surface area contributed by atoms with Gasteiger partial charge in [0.05, 0.1) is 12.2 Å². The highest BCUT2D eigenvalue weighted by molar-refractivity contribution is 5.93. The van der Waals surface area contributed by atoms with Crippen molar-refractivity contribution in [1.82, 2.24) is 9.88 Å². The number of pyridine rings is 1. The number of benzene rings is 1. The molecule has 0 atom stereocenters. The Bertz CT molecular complexity index is 581. The van der Waals surface area contributed by atoms with Gasteiger partial charge in [-0.15, -0.1) is 0 Å². The van der Waals surface area contributed by atoms with E-state index in [0.717, 1.165) is 11.4 Å². The van der Waals surface area contributed by atoms with Crippen molar-refractivity contribution in [3.8, 4) is 0 Å². The third-order valence-corrected chi connectivity index (χ3v) is 2.78. The average Bonchev–Trinajstić information content (AvgIpc) is 2.39. The zero-order chi connectivity index (χ0) is 13.8. The number of rotatable bonds is 3. The van der Waals surface area contributed by atoms with Crippen LogP contribution in [0.5, 0.6) is 0 Å². The lowest BCUT2D eigenvalue weighted by Gasteiger charge is -2.17. The third-order valence-electron chi connectivity index (χ3n) is 2.78. The van der Waals surface area contributed by atoms with Crippen molar-refractivity contribution in [2.24, 2.45) is 0 Å². The number of carbonyl (C=O) groups is 1. The molecule has 0 unspecified atom stereocenters. The van der Waals surface area contributed by atoms with Crippen LogP contribution in [-0.4, -0.2) is 22.8 Å².